The van der Waals surface area contributed by atoms with Crippen LogP contribution >= 0.6 is 15.9 Å². The van der Waals surface area contributed by atoms with Crippen molar-refractivity contribution in [1.29, 1.82) is 0 Å². The monoisotopic (exact) mass is 542 g/mol. The molecule has 0 unspecified atom stereocenters. The van der Waals surface area contributed by atoms with Crippen LogP contribution in [0.25, 0.3) is 32.7 Å². The second-order valence-corrected chi connectivity index (χ2v) is 9.83. The van der Waals surface area contributed by atoms with E-state index in [0.717, 1.165) is 32.1 Å². The van der Waals surface area contributed by atoms with Crippen molar-refractivity contribution in [2.75, 3.05) is 13.1 Å². The first-order valence-corrected chi connectivity index (χ1v) is 13.1. The molecule has 8 nitrogen and oxygen atoms in total. The van der Waals surface area contributed by atoms with Gasteiger partial charge in [-0.1, -0.05) is 39.5 Å². The lowest BCUT2D eigenvalue weighted by Gasteiger charge is -2.20. The summed E-state index contributed by atoms with van der Waals surface area (Å²) in [4.78, 5) is 45.2. The molecule has 2 aromatic rings. The topological polar surface area (TPSA) is 120 Å². The number of halogens is 1. The minimum Gasteiger partial charge on any atom is -0.494 e. The molecule has 4 rings (SSSR count). The summed E-state index contributed by atoms with van der Waals surface area (Å²) in [5.41, 5.74) is 5.21. The van der Waals surface area contributed by atoms with Crippen molar-refractivity contribution in [1.82, 2.24) is 9.13 Å². The standard InChI is InChI=1S/C26H31BrN4O4/c1-3-5-7-11-30-24(33)16-14-18(29-10-9-28)22-20-15(13-17(27)21(19(16)20)25(30)34)23(32)31(26(22)35)12-8-6-4-2/h13-14,32H,3-12,28H2,1-2H3. The number of benzene rings is 2. The zero-order valence-corrected chi connectivity index (χ0v) is 21.8. The highest BCUT2D eigenvalue weighted by Crippen LogP contribution is 2.40. The first-order valence-electron chi connectivity index (χ1n) is 12.3. The molecule has 2 aliphatic rings. The fraction of sp³-hybridized carbons (Fsp3) is 0.462. The SMILES string of the molecule is CCCCCn1c(O)c2cc(Br)c3c4c2c(c(=NCCN)cc-4c(=O)n(CCCCC)c3=O)c1=O. The number of nitrogens with two attached hydrogens (primary N) is 1. The minimum absolute atomic E-state index is 0.168. The maximum absolute atomic E-state index is 13.7. The summed E-state index contributed by atoms with van der Waals surface area (Å²) in [7, 11) is 0. The maximum Gasteiger partial charge on any atom is 0.263 e. The van der Waals surface area contributed by atoms with Gasteiger partial charge in [0.2, 0.25) is 5.88 Å². The lowest BCUT2D eigenvalue weighted by atomic mass is 9.90. The van der Waals surface area contributed by atoms with Gasteiger partial charge in [-0.2, -0.15) is 0 Å². The molecule has 0 spiro atoms. The van der Waals surface area contributed by atoms with Crippen molar-refractivity contribution in [2.24, 2.45) is 10.7 Å². The molecule has 1 aliphatic carbocycles. The molecule has 0 radical (unpaired) electrons. The van der Waals surface area contributed by atoms with Crippen LogP contribution in [0.2, 0.25) is 0 Å². The van der Waals surface area contributed by atoms with Crippen molar-refractivity contribution < 1.29 is 5.11 Å². The molecule has 0 saturated carbocycles. The predicted molar refractivity (Wildman–Crippen MR) is 143 cm³/mol. The zero-order chi connectivity index (χ0) is 25.3. The summed E-state index contributed by atoms with van der Waals surface area (Å²) in [6.45, 7) is 5.37. The van der Waals surface area contributed by atoms with Crippen LogP contribution in [-0.4, -0.2) is 27.3 Å². The van der Waals surface area contributed by atoms with Gasteiger partial charge in [0, 0.05) is 40.4 Å². The zero-order valence-electron chi connectivity index (χ0n) is 20.2. The van der Waals surface area contributed by atoms with E-state index in [1.807, 2.05) is 0 Å². The normalized spacial score (nSPS) is 12.6. The lowest BCUT2D eigenvalue weighted by molar-refractivity contribution is 0.408. The van der Waals surface area contributed by atoms with Gasteiger partial charge < -0.3 is 10.8 Å². The molecular weight excluding hydrogens is 512 g/mol. The molecule has 186 valence electrons. The molecule has 1 aliphatic heterocycles. The Morgan fingerprint density at radius 3 is 2.14 bits per heavy atom. The Hall–Kier alpha value is -2.78. The number of unbranched alkanes of at least 4 members (excludes halogenated alkanes) is 4. The summed E-state index contributed by atoms with van der Waals surface area (Å²) in [5, 5.41) is 13.0. The molecule has 35 heavy (non-hydrogen) atoms. The van der Waals surface area contributed by atoms with E-state index in [1.165, 1.54) is 9.13 Å². The van der Waals surface area contributed by atoms with Crippen LogP contribution in [0.3, 0.4) is 0 Å². The highest BCUT2D eigenvalue weighted by molar-refractivity contribution is 9.10. The molecule has 3 N–H and O–H groups in total. The Bertz CT molecular complexity index is 1570. The van der Waals surface area contributed by atoms with Crippen molar-refractivity contribution >= 4 is 37.5 Å². The van der Waals surface area contributed by atoms with Crippen LogP contribution < -0.4 is 27.8 Å². The van der Waals surface area contributed by atoms with E-state index in [9.17, 15) is 19.5 Å². The van der Waals surface area contributed by atoms with Gasteiger partial charge >= 0.3 is 0 Å². The molecule has 1 aromatic heterocycles. The Labute approximate surface area is 210 Å². The number of hydrogen-bond donors (Lipinski definition) is 2. The number of aromatic hydroxyl groups is 1. The average Bonchev–Trinajstić information content (AvgIpc) is 2.84. The van der Waals surface area contributed by atoms with Gasteiger partial charge in [0.05, 0.1) is 28.2 Å². The minimum atomic E-state index is -0.407. The molecular formula is C26H31BrN4O4. The lowest BCUT2D eigenvalue weighted by Crippen LogP contribution is -2.37. The van der Waals surface area contributed by atoms with Crippen LogP contribution in [0, 0.1) is 0 Å². The number of nitrogens with zero attached hydrogens (tertiary/aromatic N) is 3. The summed E-state index contributed by atoms with van der Waals surface area (Å²) in [5.74, 6) is -0.168. The maximum atomic E-state index is 13.7. The van der Waals surface area contributed by atoms with Gasteiger partial charge in [-0.05, 0) is 40.9 Å². The Morgan fingerprint density at radius 1 is 0.886 bits per heavy atom. The van der Waals surface area contributed by atoms with Gasteiger partial charge in [0.15, 0.2) is 0 Å². The summed E-state index contributed by atoms with van der Waals surface area (Å²) in [6.07, 6.45) is 5.21. The quantitative estimate of drug-likeness (QED) is 0.235. The van der Waals surface area contributed by atoms with E-state index in [4.69, 9.17) is 5.73 Å². The number of hydrogen-bond acceptors (Lipinski definition) is 6. The third-order valence-electron chi connectivity index (χ3n) is 6.61. The summed E-state index contributed by atoms with van der Waals surface area (Å²) < 4.78 is 3.12. The fourth-order valence-electron chi connectivity index (χ4n) is 4.87. The van der Waals surface area contributed by atoms with E-state index >= 15 is 0 Å². The van der Waals surface area contributed by atoms with Crippen molar-refractivity contribution in [3.05, 3.63) is 53.0 Å². The Kier molecular flexibility index (Phi) is 7.56. The highest BCUT2D eigenvalue weighted by Gasteiger charge is 2.28. The van der Waals surface area contributed by atoms with E-state index in [-0.39, 0.29) is 24.5 Å². The summed E-state index contributed by atoms with van der Waals surface area (Å²) in [6, 6.07) is 3.28. The molecule has 1 aromatic carbocycles. The third kappa shape index (κ3) is 4.25. The largest absolute Gasteiger partial charge is 0.494 e. The molecule has 0 saturated heterocycles. The van der Waals surface area contributed by atoms with Gasteiger partial charge in [-0.25, -0.2) is 0 Å². The van der Waals surface area contributed by atoms with Crippen LogP contribution in [-0.2, 0) is 13.1 Å². The van der Waals surface area contributed by atoms with Crippen molar-refractivity contribution in [3.63, 3.8) is 0 Å². The third-order valence-corrected chi connectivity index (χ3v) is 7.23. The Morgan fingerprint density at radius 2 is 1.51 bits per heavy atom. The van der Waals surface area contributed by atoms with Gasteiger partial charge in [-0.15, -0.1) is 0 Å². The van der Waals surface area contributed by atoms with Crippen LogP contribution in [0.5, 0.6) is 5.88 Å². The van der Waals surface area contributed by atoms with Crippen molar-refractivity contribution in [2.45, 2.75) is 65.5 Å². The second kappa shape index (κ2) is 10.5. The van der Waals surface area contributed by atoms with Gasteiger partial charge in [0.25, 0.3) is 16.7 Å². The van der Waals surface area contributed by atoms with Crippen molar-refractivity contribution in [3.8, 4) is 17.0 Å². The van der Waals surface area contributed by atoms with E-state index < -0.39 is 11.1 Å². The summed E-state index contributed by atoms with van der Waals surface area (Å²) >= 11 is 3.52. The molecule has 0 bridgehead atoms. The van der Waals surface area contributed by atoms with Gasteiger partial charge in [0.1, 0.15) is 0 Å². The Balaban J connectivity index is 2.20. The average molecular weight is 543 g/mol. The van der Waals surface area contributed by atoms with Crippen LogP contribution in [0.15, 0.2) is 36.0 Å². The fourth-order valence-corrected chi connectivity index (χ4v) is 5.46. The van der Waals surface area contributed by atoms with Gasteiger partial charge in [-0.3, -0.25) is 28.5 Å². The number of aromatic nitrogens is 2. The first-order chi connectivity index (χ1) is 16.9. The molecule has 0 atom stereocenters. The van der Waals surface area contributed by atoms with E-state index in [1.54, 1.807) is 12.1 Å². The number of rotatable bonds is 10. The van der Waals surface area contributed by atoms with E-state index in [2.05, 4.69) is 34.8 Å². The first kappa shape index (κ1) is 25.3. The highest BCUT2D eigenvalue weighted by atomic mass is 79.9. The predicted octanol–water partition coefficient (Wildman–Crippen LogP) is 3.36. The van der Waals surface area contributed by atoms with Crippen LogP contribution in [0.4, 0.5) is 0 Å². The smallest absolute Gasteiger partial charge is 0.263 e. The van der Waals surface area contributed by atoms with E-state index in [0.29, 0.717) is 62.0 Å². The molecule has 0 fully saturated rings. The number of pyridine rings is 2. The molecule has 2 heterocycles. The second-order valence-electron chi connectivity index (χ2n) is 8.98. The molecule has 9 heteroatoms. The van der Waals surface area contributed by atoms with Crippen LogP contribution in [0.1, 0.15) is 52.4 Å². The molecule has 0 amide bonds.